The first-order chi connectivity index (χ1) is 7.81. The minimum atomic E-state index is -0.390. The van der Waals surface area contributed by atoms with Crippen molar-refractivity contribution in [3.63, 3.8) is 0 Å². The summed E-state index contributed by atoms with van der Waals surface area (Å²) in [5.74, 6) is 0.210. The van der Waals surface area contributed by atoms with Crippen LogP contribution in [0.25, 0.3) is 5.69 Å². The molecular formula is C12H13NO3. The predicted octanol–water partition coefficient (Wildman–Crippen LogP) is 1.36. The topological polar surface area (TPSA) is 55.4 Å². The summed E-state index contributed by atoms with van der Waals surface area (Å²) in [6.07, 6.45) is 2.85. The van der Waals surface area contributed by atoms with E-state index >= 15 is 0 Å². The molecule has 0 bridgehead atoms. The van der Waals surface area contributed by atoms with E-state index in [9.17, 15) is 4.79 Å². The third-order valence-electron chi connectivity index (χ3n) is 2.30. The molecule has 4 nitrogen and oxygen atoms in total. The van der Waals surface area contributed by atoms with Gasteiger partial charge < -0.3 is 9.52 Å². The van der Waals surface area contributed by atoms with E-state index in [1.165, 1.54) is 4.57 Å². The summed E-state index contributed by atoms with van der Waals surface area (Å²) in [5, 5.41) is 8.69. The predicted molar refractivity (Wildman–Crippen MR) is 59.7 cm³/mol. The van der Waals surface area contributed by atoms with Crippen molar-refractivity contribution in [3.05, 3.63) is 52.8 Å². The molecule has 1 heterocycles. The number of hydrogen-bond acceptors (Lipinski definition) is 3. The van der Waals surface area contributed by atoms with E-state index in [4.69, 9.17) is 9.52 Å². The minimum absolute atomic E-state index is 0.0974. The Morgan fingerprint density at radius 3 is 2.69 bits per heavy atom. The van der Waals surface area contributed by atoms with E-state index in [1.54, 1.807) is 6.20 Å². The van der Waals surface area contributed by atoms with Crippen LogP contribution in [0.2, 0.25) is 0 Å². The van der Waals surface area contributed by atoms with Crippen molar-refractivity contribution in [1.29, 1.82) is 0 Å². The second-order valence-corrected chi connectivity index (χ2v) is 3.50. The largest absolute Gasteiger partial charge is 0.423 e. The summed E-state index contributed by atoms with van der Waals surface area (Å²) in [7, 11) is 0. The van der Waals surface area contributed by atoms with E-state index < -0.39 is 0 Å². The smallest absolute Gasteiger partial charge is 0.413 e. The fraction of sp³-hybridized carbons (Fsp3) is 0.250. The second kappa shape index (κ2) is 4.81. The zero-order chi connectivity index (χ0) is 11.4. The van der Waals surface area contributed by atoms with Gasteiger partial charge in [0.1, 0.15) is 5.76 Å². The SMILES string of the molecule is O=c1oc(CCCO)cn1-c1ccccc1. The second-order valence-electron chi connectivity index (χ2n) is 3.50. The van der Waals surface area contributed by atoms with Crippen LogP contribution in [0.5, 0.6) is 0 Å². The number of oxazole rings is 1. The summed E-state index contributed by atoms with van der Waals surface area (Å²) in [4.78, 5) is 11.5. The van der Waals surface area contributed by atoms with Crippen LogP contribution in [0.4, 0.5) is 0 Å². The Hall–Kier alpha value is -1.81. The minimum Gasteiger partial charge on any atom is -0.413 e. The molecular weight excluding hydrogens is 206 g/mol. The van der Waals surface area contributed by atoms with Gasteiger partial charge in [-0.25, -0.2) is 9.36 Å². The number of benzene rings is 1. The fourth-order valence-corrected chi connectivity index (χ4v) is 1.52. The van der Waals surface area contributed by atoms with Crippen LogP contribution in [0.15, 0.2) is 45.7 Å². The lowest BCUT2D eigenvalue weighted by Crippen LogP contribution is -2.10. The van der Waals surface area contributed by atoms with Crippen LogP contribution in [-0.2, 0) is 6.42 Å². The zero-order valence-corrected chi connectivity index (χ0v) is 8.80. The highest BCUT2D eigenvalue weighted by Gasteiger charge is 2.06. The van der Waals surface area contributed by atoms with Gasteiger partial charge in [-0.05, 0) is 18.6 Å². The molecule has 2 aromatic rings. The van der Waals surface area contributed by atoms with E-state index in [0.29, 0.717) is 18.6 Å². The maximum Gasteiger partial charge on any atom is 0.423 e. The molecule has 0 unspecified atom stereocenters. The van der Waals surface area contributed by atoms with Crippen LogP contribution in [0, 0.1) is 0 Å². The molecule has 0 aliphatic heterocycles. The first kappa shape index (κ1) is 10.7. The molecule has 1 N–H and O–H groups in total. The van der Waals surface area contributed by atoms with Crippen molar-refractivity contribution in [2.24, 2.45) is 0 Å². The maximum absolute atomic E-state index is 11.5. The van der Waals surface area contributed by atoms with Crippen molar-refractivity contribution in [2.45, 2.75) is 12.8 Å². The van der Waals surface area contributed by atoms with Gasteiger partial charge in [-0.2, -0.15) is 0 Å². The van der Waals surface area contributed by atoms with Gasteiger partial charge in [-0.3, -0.25) is 0 Å². The van der Waals surface area contributed by atoms with Gasteiger partial charge in [0.2, 0.25) is 0 Å². The molecule has 16 heavy (non-hydrogen) atoms. The lowest BCUT2D eigenvalue weighted by Gasteiger charge is -1.97. The monoisotopic (exact) mass is 219 g/mol. The molecule has 84 valence electrons. The van der Waals surface area contributed by atoms with Crippen LogP contribution in [0.3, 0.4) is 0 Å². The summed E-state index contributed by atoms with van der Waals surface area (Å²) < 4.78 is 6.53. The first-order valence-electron chi connectivity index (χ1n) is 5.19. The molecule has 0 aliphatic carbocycles. The summed E-state index contributed by atoms with van der Waals surface area (Å²) in [6, 6.07) is 9.30. The highest BCUT2D eigenvalue weighted by atomic mass is 16.4. The van der Waals surface area contributed by atoms with Gasteiger partial charge in [-0.15, -0.1) is 0 Å². The Morgan fingerprint density at radius 1 is 1.25 bits per heavy atom. The third-order valence-corrected chi connectivity index (χ3v) is 2.30. The van der Waals surface area contributed by atoms with Crippen molar-refractivity contribution in [1.82, 2.24) is 4.57 Å². The third kappa shape index (κ3) is 2.23. The molecule has 0 spiro atoms. The molecule has 1 aromatic heterocycles. The first-order valence-corrected chi connectivity index (χ1v) is 5.19. The summed E-state index contributed by atoms with van der Waals surface area (Å²) in [5.41, 5.74) is 0.784. The number of hydrogen-bond donors (Lipinski definition) is 1. The average Bonchev–Trinajstić information content (AvgIpc) is 2.69. The van der Waals surface area contributed by atoms with E-state index in [1.807, 2.05) is 30.3 Å². The van der Waals surface area contributed by atoms with Gasteiger partial charge in [0, 0.05) is 13.0 Å². The molecule has 0 aliphatic rings. The quantitative estimate of drug-likeness (QED) is 0.844. The van der Waals surface area contributed by atoms with Gasteiger partial charge in [0.15, 0.2) is 0 Å². The number of aliphatic hydroxyl groups is 1. The molecule has 4 heteroatoms. The van der Waals surface area contributed by atoms with E-state index in [-0.39, 0.29) is 12.4 Å². The van der Waals surface area contributed by atoms with Crippen molar-refractivity contribution >= 4 is 0 Å². The van der Waals surface area contributed by atoms with Gasteiger partial charge in [0.25, 0.3) is 0 Å². The van der Waals surface area contributed by atoms with Crippen LogP contribution >= 0.6 is 0 Å². The zero-order valence-electron chi connectivity index (χ0n) is 8.80. The Bertz CT molecular complexity index is 498. The van der Waals surface area contributed by atoms with Crippen LogP contribution in [0.1, 0.15) is 12.2 Å². The number of aromatic nitrogens is 1. The number of aryl methyl sites for hydroxylation is 1. The molecule has 0 amide bonds. The maximum atomic E-state index is 11.5. The molecule has 0 radical (unpaired) electrons. The van der Waals surface area contributed by atoms with Crippen molar-refractivity contribution < 1.29 is 9.52 Å². The normalized spacial score (nSPS) is 10.6. The highest BCUT2D eigenvalue weighted by molar-refractivity contribution is 5.31. The number of rotatable bonds is 4. The van der Waals surface area contributed by atoms with Crippen LogP contribution < -0.4 is 5.76 Å². The molecule has 0 saturated heterocycles. The van der Waals surface area contributed by atoms with Crippen LogP contribution in [-0.4, -0.2) is 16.3 Å². The Kier molecular flexibility index (Phi) is 3.22. The van der Waals surface area contributed by atoms with Crippen molar-refractivity contribution in [2.75, 3.05) is 6.61 Å². The van der Waals surface area contributed by atoms with Gasteiger partial charge in [-0.1, -0.05) is 18.2 Å². The fourth-order valence-electron chi connectivity index (χ4n) is 1.52. The molecule has 2 rings (SSSR count). The van der Waals surface area contributed by atoms with Gasteiger partial charge in [0.05, 0.1) is 11.9 Å². The number of aliphatic hydroxyl groups excluding tert-OH is 1. The summed E-state index contributed by atoms with van der Waals surface area (Å²) in [6.45, 7) is 0.0974. The lowest BCUT2D eigenvalue weighted by molar-refractivity contribution is 0.283. The number of nitrogens with zero attached hydrogens (tertiary/aromatic N) is 1. The molecule has 0 fully saturated rings. The van der Waals surface area contributed by atoms with E-state index in [2.05, 4.69) is 0 Å². The lowest BCUT2D eigenvalue weighted by atomic mass is 10.3. The number of para-hydroxylation sites is 1. The Morgan fingerprint density at radius 2 is 2.00 bits per heavy atom. The standard InChI is InChI=1S/C12H13NO3/c14-8-4-7-11-9-13(12(15)16-11)10-5-2-1-3-6-10/h1-3,5-6,9,14H,4,7-8H2. The highest BCUT2D eigenvalue weighted by Crippen LogP contribution is 2.07. The van der Waals surface area contributed by atoms with Gasteiger partial charge >= 0.3 is 5.76 Å². The van der Waals surface area contributed by atoms with Crippen molar-refractivity contribution in [3.8, 4) is 5.69 Å². The molecule has 0 atom stereocenters. The van der Waals surface area contributed by atoms with E-state index in [0.717, 1.165) is 5.69 Å². The Labute approximate surface area is 92.8 Å². The molecule has 0 saturated carbocycles. The Balaban J connectivity index is 2.29. The molecule has 1 aromatic carbocycles. The average molecular weight is 219 g/mol. The summed E-state index contributed by atoms with van der Waals surface area (Å²) >= 11 is 0.